The summed E-state index contributed by atoms with van der Waals surface area (Å²) in [6.07, 6.45) is 3.30. The van der Waals surface area contributed by atoms with Crippen LogP contribution in [-0.4, -0.2) is 16.9 Å². The first-order chi connectivity index (χ1) is 9.08. The predicted octanol–water partition coefficient (Wildman–Crippen LogP) is 2.05. The summed E-state index contributed by atoms with van der Waals surface area (Å²) in [5.74, 6) is -0.326. The van der Waals surface area contributed by atoms with Crippen molar-refractivity contribution in [3.05, 3.63) is 34.4 Å². The summed E-state index contributed by atoms with van der Waals surface area (Å²) in [6, 6.07) is 6.20. The first-order valence-electron chi connectivity index (χ1n) is 6.38. The molecule has 0 aromatic heterocycles. The van der Waals surface area contributed by atoms with Crippen molar-refractivity contribution in [1.82, 2.24) is 0 Å². The molecule has 0 bridgehead atoms. The number of benzene rings is 1. The van der Waals surface area contributed by atoms with Gasteiger partial charge in [0.15, 0.2) is 0 Å². The van der Waals surface area contributed by atoms with Crippen molar-refractivity contribution in [1.29, 1.82) is 0 Å². The van der Waals surface area contributed by atoms with Crippen LogP contribution < -0.4 is 11.1 Å². The van der Waals surface area contributed by atoms with Crippen LogP contribution in [0.5, 0.6) is 0 Å². The molecule has 0 saturated heterocycles. The molecule has 6 nitrogen and oxygen atoms in total. The van der Waals surface area contributed by atoms with Crippen LogP contribution in [0.25, 0.3) is 0 Å². The number of carbonyl (C=O) groups is 1. The molecule has 1 fully saturated rings. The third-order valence-corrected chi connectivity index (χ3v) is 3.44. The molecule has 19 heavy (non-hydrogen) atoms. The van der Waals surface area contributed by atoms with Gasteiger partial charge in [-0.25, -0.2) is 0 Å². The summed E-state index contributed by atoms with van der Waals surface area (Å²) in [5, 5.41) is 13.5. The van der Waals surface area contributed by atoms with E-state index in [0.717, 1.165) is 19.3 Å². The van der Waals surface area contributed by atoms with Crippen LogP contribution in [0, 0.1) is 16.0 Å². The molecule has 1 aliphatic rings. The number of nitrogens with two attached hydrogens (primary N) is 1. The van der Waals surface area contributed by atoms with E-state index in [2.05, 4.69) is 5.32 Å². The van der Waals surface area contributed by atoms with Gasteiger partial charge >= 0.3 is 0 Å². The lowest BCUT2D eigenvalue weighted by Crippen LogP contribution is -2.34. The van der Waals surface area contributed by atoms with Crippen LogP contribution in [0.15, 0.2) is 24.3 Å². The average Bonchev–Trinajstić information content (AvgIpc) is 2.39. The fraction of sp³-hybridized carbons (Fsp3) is 0.462. The average molecular weight is 263 g/mol. The highest BCUT2D eigenvalue weighted by atomic mass is 16.6. The van der Waals surface area contributed by atoms with Gasteiger partial charge in [-0.2, -0.15) is 0 Å². The number of nitrogens with zero attached hydrogens (tertiary/aromatic N) is 1. The van der Waals surface area contributed by atoms with E-state index < -0.39 is 4.92 Å². The second-order valence-electron chi connectivity index (χ2n) is 4.89. The number of anilines is 1. The van der Waals surface area contributed by atoms with Crippen molar-refractivity contribution >= 4 is 17.3 Å². The van der Waals surface area contributed by atoms with Gasteiger partial charge in [0.2, 0.25) is 5.91 Å². The van der Waals surface area contributed by atoms with Crippen LogP contribution in [-0.2, 0) is 4.79 Å². The van der Waals surface area contributed by atoms with Crippen LogP contribution >= 0.6 is 0 Å². The lowest BCUT2D eigenvalue weighted by Gasteiger charge is -2.25. The molecule has 0 spiro atoms. The van der Waals surface area contributed by atoms with E-state index in [1.54, 1.807) is 18.2 Å². The summed E-state index contributed by atoms with van der Waals surface area (Å²) in [6.45, 7) is 0. The number of amides is 1. The molecule has 2 atom stereocenters. The molecular weight excluding hydrogens is 246 g/mol. The normalized spacial score (nSPS) is 22.8. The Morgan fingerprint density at radius 1 is 1.37 bits per heavy atom. The number of nitro benzene ring substituents is 1. The molecule has 1 saturated carbocycles. The Morgan fingerprint density at radius 2 is 2.11 bits per heavy atom. The summed E-state index contributed by atoms with van der Waals surface area (Å²) in [5.41, 5.74) is 6.01. The standard InChI is InChI=1S/C13H17N3O3/c14-10-5-3-4-9(8-10)13(17)15-11-6-1-2-7-12(11)16(18)19/h1-2,6-7,9-10H,3-5,8,14H2,(H,15,17). The number of carbonyl (C=O) groups excluding carboxylic acids is 1. The monoisotopic (exact) mass is 263 g/mol. The zero-order valence-electron chi connectivity index (χ0n) is 10.5. The van der Waals surface area contributed by atoms with E-state index in [4.69, 9.17) is 5.73 Å². The SMILES string of the molecule is NC1CCCC(C(=O)Nc2ccccc2[N+](=O)[O-])C1. The summed E-state index contributed by atoms with van der Waals surface area (Å²) >= 11 is 0. The maximum atomic E-state index is 12.1. The Labute approximate surface area is 111 Å². The minimum atomic E-state index is -0.498. The molecule has 102 valence electrons. The van der Waals surface area contributed by atoms with Gasteiger partial charge < -0.3 is 11.1 Å². The highest BCUT2D eigenvalue weighted by Crippen LogP contribution is 2.27. The fourth-order valence-corrected chi connectivity index (χ4v) is 2.44. The lowest BCUT2D eigenvalue weighted by atomic mass is 9.85. The smallest absolute Gasteiger partial charge is 0.292 e. The summed E-state index contributed by atoms with van der Waals surface area (Å²) < 4.78 is 0. The molecule has 1 amide bonds. The van der Waals surface area contributed by atoms with Gasteiger partial charge in [-0.1, -0.05) is 18.6 Å². The first kappa shape index (κ1) is 13.5. The van der Waals surface area contributed by atoms with Crippen LogP contribution in [0.2, 0.25) is 0 Å². The maximum absolute atomic E-state index is 12.1. The number of rotatable bonds is 3. The van der Waals surface area contributed by atoms with Gasteiger partial charge in [-0.15, -0.1) is 0 Å². The highest BCUT2D eigenvalue weighted by molar-refractivity contribution is 5.94. The minimum Gasteiger partial charge on any atom is -0.328 e. The third kappa shape index (κ3) is 3.29. The van der Waals surface area contributed by atoms with Gasteiger partial charge in [0, 0.05) is 18.0 Å². The molecule has 1 aromatic rings. The molecule has 6 heteroatoms. The topological polar surface area (TPSA) is 98.3 Å². The number of nitrogens with one attached hydrogen (secondary N) is 1. The maximum Gasteiger partial charge on any atom is 0.292 e. The van der Waals surface area contributed by atoms with Crippen LogP contribution in [0.3, 0.4) is 0 Å². The number of nitro groups is 1. The second kappa shape index (κ2) is 5.79. The molecule has 2 rings (SSSR count). The zero-order valence-corrected chi connectivity index (χ0v) is 10.5. The summed E-state index contributed by atoms with van der Waals surface area (Å²) in [4.78, 5) is 22.5. The minimum absolute atomic E-state index is 0.0512. The molecule has 0 aliphatic heterocycles. The lowest BCUT2D eigenvalue weighted by molar-refractivity contribution is -0.383. The van der Waals surface area contributed by atoms with E-state index in [0.29, 0.717) is 6.42 Å². The van der Waals surface area contributed by atoms with E-state index in [1.165, 1.54) is 6.07 Å². The van der Waals surface area contributed by atoms with E-state index >= 15 is 0 Å². The highest BCUT2D eigenvalue weighted by Gasteiger charge is 2.26. The Kier molecular flexibility index (Phi) is 4.11. The zero-order chi connectivity index (χ0) is 13.8. The van der Waals surface area contributed by atoms with Crippen LogP contribution in [0.1, 0.15) is 25.7 Å². The van der Waals surface area contributed by atoms with E-state index in [9.17, 15) is 14.9 Å². The second-order valence-corrected chi connectivity index (χ2v) is 4.89. The molecule has 1 aromatic carbocycles. The summed E-state index contributed by atoms with van der Waals surface area (Å²) in [7, 11) is 0. The van der Waals surface area contributed by atoms with Crippen LogP contribution in [0.4, 0.5) is 11.4 Å². The quantitative estimate of drug-likeness (QED) is 0.644. The molecule has 0 heterocycles. The molecular formula is C13H17N3O3. The van der Waals surface area contributed by atoms with Gasteiger partial charge in [0.25, 0.3) is 5.69 Å². The molecule has 3 N–H and O–H groups in total. The Balaban J connectivity index is 2.08. The van der Waals surface area contributed by atoms with E-state index in [-0.39, 0.29) is 29.2 Å². The largest absolute Gasteiger partial charge is 0.328 e. The number of para-hydroxylation sites is 2. The van der Waals surface area contributed by atoms with Crippen molar-refractivity contribution in [2.45, 2.75) is 31.7 Å². The van der Waals surface area contributed by atoms with Gasteiger partial charge in [-0.3, -0.25) is 14.9 Å². The van der Waals surface area contributed by atoms with E-state index in [1.807, 2.05) is 0 Å². The predicted molar refractivity (Wildman–Crippen MR) is 71.7 cm³/mol. The van der Waals surface area contributed by atoms with Crippen molar-refractivity contribution in [2.24, 2.45) is 11.7 Å². The van der Waals surface area contributed by atoms with Crippen molar-refractivity contribution < 1.29 is 9.72 Å². The number of hydrogen-bond acceptors (Lipinski definition) is 4. The molecule has 0 radical (unpaired) electrons. The van der Waals surface area contributed by atoms with Gasteiger partial charge in [-0.05, 0) is 25.3 Å². The molecule has 1 aliphatic carbocycles. The Hall–Kier alpha value is -1.95. The van der Waals surface area contributed by atoms with Crippen molar-refractivity contribution in [2.75, 3.05) is 5.32 Å². The third-order valence-electron chi connectivity index (χ3n) is 3.44. The Morgan fingerprint density at radius 3 is 2.79 bits per heavy atom. The Bertz CT molecular complexity index is 490. The van der Waals surface area contributed by atoms with Crippen molar-refractivity contribution in [3.63, 3.8) is 0 Å². The van der Waals surface area contributed by atoms with Gasteiger partial charge in [0.05, 0.1) is 4.92 Å². The van der Waals surface area contributed by atoms with Crippen molar-refractivity contribution in [3.8, 4) is 0 Å². The first-order valence-corrected chi connectivity index (χ1v) is 6.38. The van der Waals surface area contributed by atoms with Gasteiger partial charge in [0.1, 0.15) is 5.69 Å². The number of hydrogen-bond donors (Lipinski definition) is 2. The fourth-order valence-electron chi connectivity index (χ4n) is 2.44. The molecule has 2 unspecified atom stereocenters.